The van der Waals surface area contributed by atoms with Gasteiger partial charge in [0.05, 0.1) is 17.6 Å². The Balaban J connectivity index is 1.26. The van der Waals surface area contributed by atoms with E-state index in [1.165, 1.54) is 58.3 Å². The first-order valence-electron chi connectivity index (χ1n) is 11.1. The van der Waals surface area contributed by atoms with Gasteiger partial charge in [-0.15, -0.1) is 11.3 Å². The molecule has 0 spiro atoms. The van der Waals surface area contributed by atoms with E-state index < -0.39 is 0 Å². The molecule has 0 amide bonds. The minimum atomic E-state index is -0.215. The van der Waals surface area contributed by atoms with E-state index >= 15 is 0 Å². The van der Waals surface area contributed by atoms with Gasteiger partial charge in [-0.1, -0.05) is 30.7 Å². The summed E-state index contributed by atoms with van der Waals surface area (Å²) in [7, 11) is 0. The molecule has 0 radical (unpaired) electrons. The van der Waals surface area contributed by atoms with Crippen LogP contribution in [0.1, 0.15) is 43.0 Å². The number of aromatic nitrogens is 2. The van der Waals surface area contributed by atoms with Crippen LogP contribution in [-0.2, 0) is 12.8 Å². The molecule has 1 fully saturated rings. The SMILES string of the molecule is C[C@]12Cc3cnn(-c4ccc(F)cc4)c3C=C1CC[C@@H]2CCc1csc2ccccc12. The lowest BCUT2D eigenvalue weighted by Gasteiger charge is -2.36. The maximum atomic E-state index is 13.4. The molecule has 2 heterocycles. The van der Waals surface area contributed by atoms with Crippen LogP contribution >= 0.6 is 11.3 Å². The van der Waals surface area contributed by atoms with E-state index in [9.17, 15) is 4.39 Å². The molecular weight excluding hydrogens is 403 g/mol. The molecule has 2 aliphatic carbocycles. The van der Waals surface area contributed by atoms with Crippen molar-refractivity contribution in [2.24, 2.45) is 11.3 Å². The molecule has 2 atom stereocenters. The van der Waals surface area contributed by atoms with Gasteiger partial charge in [0.15, 0.2) is 0 Å². The third-order valence-corrected chi connectivity index (χ3v) is 8.56. The Bertz CT molecular complexity index is 1300. The highest BCUT2D eigenvalue weighted by atomic mass is 32.1. The van der Waals surface area contributed by atoms with Gasteiger partial charge in [0.2, 0.25) is 0 Å². The van der Waals surface area contributed by atoms with Crippen LogP contribution in [0, 0.1) is 17.2 Å². The van der Waals surface area contributed by atoms with Crippen molar-refractivity contribution < 1.29 is 4.39 Å². The first kappa shape index (κ1) is 19.0. The summed E-state index contributed by atoms with van der Waals surface area (Å²) in [4.78, 5) is 0. The number of fused-ring (bicyclic) bond motifs is 3. The van der Waals surface area contributed by atoms with Crippen LogP contribution in [0.3, 0.4) is 0 Å². The molecule has 0 N–H and O–H groups in total. The Kier molecular flexibility index (Phi) is 4.39. The molecule has 4 aromatic rings. The summed E-state index contributed by atoms with van der Waals surface area (Å²) in [6.45, 7) is 2.46. The van der Waals surface area contributed by atoms with Crippen LogP contribution in [0.4, 0.5) is 4.39 Å². The van der Waals surface area contributed by atoms with Gasteiger partial charge < -0.3 is 0 Å². The largest absolute Gasteiger partial charge is 0.233 e. The van der Waals surface area contributed by atoms with E-state index in [4.69, 9.17) is 0 Å². The molecule has 0 bridgehead atoms. The topological polar surface area (TPSA) is 17.8 Å². The van der Waals surface area contributed by atoms with Crippen molar-refractivity contribution in [3.8, 4) is 5.69 Å². The quantitative estimate of drug-likeness (QED) is 0.336. The standard InChI is InChI=1S/C27H25FN2S/c1-27-15-19-16-29-30(23-12-10-22(28)11-13-23)25(19)14-21(27)9-8-20(27)7-6-18-17-31-26-5-3-2-4-24(18)26/h2-5,10-14,16-17,20H,6-9,15H2,1H3/t20-,27+/m0/s1. The van der Waals surface area contributed by atoms with Gasteiger partial charge in [0, 0.05) is 4.70 Å². The monoisotopic (exact) mass is 428 g/mol. The second kappa shape index (κ2) is 7.16. The van der Waals surface area contributed by atoms with E-state index in [2.05, 4.69) is 47.7 Å². The smallest absolute Gasteiger partial charge is 0.123 e. The fourth-order valence-electron chi connectivity index (χ4n) is 5.74. The van der Waals surface area contributed by atoms with Crippen molar-refractivity contribution in [2.45, 2.75) is 39.0 Å². The minimum Gasteiger partial charge on any atom is -0.233 e. The molecule has 0 aliphatic heterocycles. The van der Waals surface area contributed by atoms with Crippen molar-refractivity contribution in [3.63, 3.8) is 0 Å². The second-order valence-electron chi connectivity index (χ2n) is 9.24. The molecular formula is C27H25FN2S. The number of thiophene rings is 1. The number of hydrogen-bond acceptors (Lipinski definition) is 2. The van der Waals surface area contributed by atoms with Gasteiger partial charge in [-0.2, -0.15) is 5.10 Å². The number of benzene rings is 2. The van der Waals surface area contributed by atoms with E-state index in [1.54, 1.807) is 17.7 Å². The van der Waals surface area contributed by atoms with Gasteiger partial charge in [0.1, 0.15) is 5.82 Å². The number of aryl methyl sites for hydroxylation is 1. The van der Waals surface area contributed by atoms with Crippen molar-refractivity contribution in [3.05, 3.63) is 88.3 Å². The Hall–Kier alpha value is -2.72. The van der Waals surface area contributed by atoms with Gasteiger partial charge >= 0.3 is 0 Å². The van der Waals surface area contributed by atoms with E-state index in [1.807, 2.05) is 22.2 Å². The fourth-order valence-corrected chi connectivity index (χ4v) is 6.74. The Morgan fingerprint density at radius 3 is 2.87 bits per heavy atom. The van der Waals surface area contributed by atoms with E-state index in [0.29, 0.717) is 5.92 Å². The molecule has 2 aliphatic rings. The average molecular weight is 429 g/mol. The van der Waals surface area contributed by atoms with Crippen molar-refractivity contribution in [1.29, 1.82) is 0 Å². The summed E-state index contributed by atoms with van der Waals surface area (Å²) < 4.78 is 16.7. The van der Waals surface area contributed by atoms with Gasteiger partial charge in [-0.25, -0.2) is 9.07 Å². The third-order valence-electron chi connectivity index (χ3n) is 7.55. The highest BCUT2D eigenvalue weighted by molar-refractivity contribution is 7.17. The molecule has 156 valence electrons. The molecule has 0 saturated heterocycles. The van der Waals surface area contributed by atoms with Gasteiger partial charge in [-0.3, -0.25) is 0 Å². The number of nitrogens with zero attached hydrogens (tertiary/aromatic N) is 2. The lowest BCUT2D eigenvalue weighted by molar-refractivity contribution is 0.256. The summed E-state index contributed by atoms with van der Waals surface area (Å²) in [6, 6.07) is 15.4. The van der Waals surface area contributed by atoms with Gasteiger partial charge in [-0.05, 0) is 102 Å². The van der Waals surface area contributed by atoms with Crippen LogP contribution < -0.4 is 0 Å². The van der Waals surface area contributed by atoms with Gasteiger partial charge in [0.25, 0.3) is 0 Å². The molecule has 6 rings (SSSR count). The van der Waals surface area contributed by atoms with Crippen molar-refractivity contribution in [2.75, 3.05) is 0 Å². The maximum Gasteiger partial charge on any atom is 0.123 e. The van der Waals surface area contributed by atoms with Crippen LogP contribution in [0.15, 0.2) is 65.7 Å². The highest BCUT2D eigenvalue weighted by Crippen LogP contribution is 2.54. The summed E-state index contributed by atoms with van der Waals surface area (Å²) in [5.74, 6) is 0.479. The average Bonchev–Trinajstić information content (AvgIpc) is 3.46. The van der Waals surface area contributed by atoms with Crippen LogP contribution in [0.25, 0.3) is 21.8 Å². The molecule has 4 heteroatoms. The first-order valence-corrected chi connectivity index (χ1v) is 12.0. The lowest BCUT2D eigenvalue weighted by atomic mass is 9.68. The number of rotatable bonds is 4. The number of halogens is 1. The van der Waals surface area contributed by atoms with Crippen LogP contribution in [-0.4, -0.2) is 9.78 Å². The summed E-state index contributed by atoms with van der Waals surface area (Å²) in [6.07, 6.45) is 10.2. The number of allylic oxidation sites excluding steroid dienone is 1. The third kappa shape index (κ3) is 3.08. The molecule has 1 saturated carbocycles. The molecule has 2 nitrogen and oxygen atoms in total. The normalized spacial score (nSPS) is 22.4. The first-order chi connectivity index (χ1) is 15.1. The van der Waals surface area contributed by atoms with Crippen LogP contribution in [0.5, 0.6) is 0 Å². The summed E-state index contributed by atoms with van der Waals surface area (Å²) in [5, 5.41) is 8.43. The van der Waals surface area contributed by atoms with E-state index in [-0.39, 0.29) is 11.2 Å². The predicted octanol–water partition coefficient (Wildman–Crippen LogP) is 7.21. The zero-order valence-electron chi connectivity index (χ0n) is 17.6. The Morgan fingerprint density at radius 2 is 2.00 bits per heavy atom. The van der Waals surface area contributed by atoms with Crippen molar-refractivity contribution >= 4 is 27.5 Å². The maximum absolute atomic E-state index is 13.4. The van der Waals surface area contributed by atoms with Crippen molar-refractivity contribution in [1.82, 2.24) is 9.78 Å². The summed E-state index contributed by atoms with van der Waals surface area (Å²) in [5.41, 5.74) is 6.68. The minimum absolute atomic E-state index is 0.215. The second-order valence-corrected chi connectivity index (χ2v) is 10.1. The predicted molar refractivity (Wildman–Crippen MR) is 126 cm³/mol. The van der Waals surface area contributed by atoms with E-state index in [0.717, 1.165) is 18.5 Å². The molecule has 0 unspecified atom stereocenters. The fraction of sp³-hybridized carbons (Fsp3) is 0.296. The zero-order valence-corrected chi connectivity index (χ0v) is 18.5. The highest BCUT2D eigenvalue weighted by Gasteiger charge is 2.45. The van der Waals surface area contributed by atoms with Crippen LogP contribution in [0.2, 0.25) is 0 Å². The lowest BCUT2D eigenvalue weighted by Crippen LogP contribution is -2.29. The molecule has 2 aromatic carbocycles. The Labute approximate surface area is 186 Å². The zero-order chi connectivity index (χ0) is 21.0. The summed E-state index contributed by atoms with van der Waals surface area (Å²) >= 11 is 1.86. The molecule has 31 heavy (non-hydrogen) atoms. The number of hydrogen-bond donors (Lipinski definition) is 0. The molecule has 2 aromatic heterocycles. The Morgan fingerprint density at radius 1 is 1.16 bits per heavy atom.